The Morgan fingerprint density at radius 3 is 2.73 bits per heavy atom. The summed E-state index contributed by atoms with van der Waals surface area (Å²) in [6, 6.07) is 14.1. The maximum Gasteiger partial charge on any atom is 0.303 e. The zero-order chi connectivity index (χ0) is 23.4. The van der Waals surface area contributed by atoms with Crippen LogP contribution in [-0.2, 0) is 11.2 Å². The van der Waals surface area contributed by atoms with E-state index < -0.39 is 5.97 Å². The second kappa shape index (κ2) is 9.98. The van der Waals surface area contributed by atoms with Crippen molar-refractivity contribution in [1.29, 1.82) is 0 Å². The monoisotopic (exact) mass is 449 g/mol. The lowest BCUT2D eigenvalue weighted by molar-refractivity contribution is -0.137. The molecule has 0 radical (unpaired) electrons. The summed E-state index contributed by atoms with van der Waals surface area (Å²) in [6.07, 6.45) is 2.78. The summed E-state index contributed by atoms with van der Waals surface area (Å²) in [5.74, 6) is 1.28. The first-order chi connectivity index (χ1) is 15.9. The molecule has 0 spiro atoms. The number of aromatic nitrogens is 2. The van der Waals surface area contributed by atoms with Gasteiger partial charge in [-0.15, -0.1) is 0 Å². The summed E-state index contributed by atoms with van der Waals surface area (Å²) in [6.45, 7) is 3.24. The van der Waals surface area contributed by atoms with Gasteiger partial charge in [0.2, 0.25) is 0 Å². The predicted octanol–water partition coefficient (Wildman–Crippen LogP) is 5.00. The molecule has 0 fully saturated rings. The molecule has 2 aromatic carbocycles. The molecule has 0 unspecified atom stereocenters. The van der Waals surface area contributed by atoms with Gasteiger partial charge in [0.1, 0.15) is 17.4 Å². The lowest BCUT2D eigenvalue weighted by Crippen LogP contribution is -2.22. The Balaban J connectivity index is 1.32. The molecule has 0 amide bonds. The zero-order valence-corrected chi connectivity index (χ0v) is 18.9. The maximum absolute atomic E-state index is 13.2. The zero-order valence-electron chi connectivity index (χ0n) is 18.9. The van der Waals surface area contributed by atoms with Gasteiger partial charge in [-0.2, -0.15) is 0 Å². The van der Waals surface area contributed by atoms with Crippen molar-refractivity contribution in [3.63, 3.8) is 0 Å². The average molecular weight is 450 g/mol. The molecule has 1 N–H and O–H groups in total. The molecule has 4 rings (SSSR count). The van der Waals surface area contributed by atoms with Crippen molar-refractivity contribution in [2.45, 2.75) is 38.5 Å². The van der Waals surface area contributed by atoms with E-state index in [2.05, 4.69) is 14.9 Å². The first-order valence-corrected chi connectivity index (χ1v) is 11.2. The fourth-order valence-electron chi connectivity index (χ4n) is 4.28. The first kappa shape index (κ1) is 22.7. The lowest BCUT2D eigenvalue weighted by atomic mass is 9.98. The number of benzene rings is 2. The van der Waals surface area contributed by atoms with Crippen LogP contribution in [-0.4, -0.2) is 41.2 Å². The van der Waals surface area contributed by atoms with Crippen LogP contribution in [0.1, 0.15) is 42.0 Å². The van der Waals surface area contributed by atoms with Crippen LogP contribution in [0.2, 0.25) is 0 Å². The van der Waals surface area contributed by atoms with Crippen molar-refractivity contribution >= 4 is 11.8 Å². The lowest BCUT2D eigenvalue weighted by Gasteiger charge is -2.19. The van der Waals surface area contributed by atoms with Gasteiger partial charge in [0.15, 0.2) is 5.82 Å². The molecule has 172 valence electrons. The third-order valence-electron chi connectivity index (χ3n) is 5.98. The molecule has 1 atom stereocenters. The maximum atomic E-state index is 13.2. The smallest absolute Gasteiger partial charge is 0.303 e. The molecule has 0 bridgehead atoms. The van der Waals surface area contributed by atoms with E-state index in [1.807, 2.05) is 38.2 Å². The molecular weight excluding hydrogens is 421 g/mol. The van der Waals surface area contributed by atoms with E-state index in [1.54, 1.807) is 12.1 Å². The topological polar surface area (TPSA) is 75.5 Å². The van der Waals surface area contributed by atoms with Crippen molar-refractivity contribution in [2.24, 2.45) is 0 Å². The quantitative estimate of drug-likeness (QED) is 0.463. The normalized spacial score (nSPS) is 14.7. The Morgan fingerprint density at radius 2 is 1.97 bits per heavy atom. The third-order valence-corrected chi connectivity index (χ3v) is 5.98. The van der Waals surface area contributed by atoms with E-state index >= 15 is 0 Å². The van der Waals surface area contributed by atoms with E-state index in [0.29, 0.717) is 12.4 Å². The highest BCUT2D eigenvalue weighted by molar-refractivity contribution is 5.68. The summed E-state index contributed by atoms with van der Waals surface area (Å²) < 4.78 is 19.2. The number of carbonyl (C=O) groups is 1. The van der Waals surface area contributed by atoms with Crippen molar-refractivity contribution < 1.29 is 19.0 Å². The van der Waals surface area contributed by atoms with Gasteiger partial charge in [0.25, 0.3) is 0 Å². The first-order valence-electron chi connectivity index (χ1n) is 11.2. The highest BCUT2D eigenvalue weighted by Gasteiger charge is 2.24. The molecule has 1 aromatic heterocycles. The van der Waals surface area contributed by atoms with Gasteiger partial charge in [-0.25, -0.2) is 14.4 Å². The number of hydrogen-bond acceptors (Lipinski definition) is 5. The van der Waals surface area contributed by atoms with Gasteiger partial charge in [0, 0.05) is 30.9 Å². The fraction of sp³-hybridized carbons (Fsp3) is 0.346. The summed E-state index contributed by atoms with van der Waals surface area (Å²) in [4.78, 5) is 22.2. The average Bonchev–Trinajstić information content (AvgIpc) is 3.18. The number of carboxylic acids is 1. The van der Waals surface area contributed by atoms with Crippen molar-refractivity contribution in [1.82, 2.24) is 9.97 Å². The molecule has 3 aromatic rings. The van der Waals surface area contributed by atoms with E-state index in [1.165, 1.54) is 17.7 Å². The number of anilines is 1. The second-order valence-corrected chi connectivity index (χ2v) is 8.52. The minimum absolute atomic E-state index is 0.108. The predicted molar refractivity (Wildman–Crippen MR) is 125 cm³/mol. The van der Waals surface area contributed by atoms with Crippen LogP contribution >= 0.6 is 0 Å². The van der Waals surface area contributed by atoms with Gasteiger partial charge in [-0.1, -0.05) is 6.07 Å². The SMILES string of the molecule is Cc1cc(N(C)CCCOc2ccc3c(c2)CC[C@H]3CC(=O)O)nc(-c2ccc(F)cc2)n1. The number of rotatable bonds is 9. The van der Waals surface area contributed by atoms with Crippen LogP contribution in [0.4, 0.5) is 10.2 Å². The van der Waals surface area contributed by atoms with Gasteiger partial charge >= 0.3 is 5.97 Å². The third kappa shape index (κ3) is 5.66. The number of aryl methyl sites for hydroxylation is 2. The van der Waals surface area contributed by atoms with Gasteiger partial charge in [0.05, 0.1) is 13.0 Å². The number of nitrogens with zero attached hydrogens (tertiary/aromatic N) is 3. The van der Waals surface area contributed by atoms with Crippen LogP contribution in [0.3, 0.4) is 0 Å². The van der Waals surface area contributed by atoms with Crippen LogP contribution in [0.15, 0.2) is 48.5 Å². The summed E-state index contributed by atoms with van der Waals surface area (Å²) >= 11 is 0. The molecule has 0 saturated heterocycles. The number of fused-ring (bicyclic) bond motifs is 1. The number of halogens is 1. The standard InChI is InChI=1S/C26H28FN3O3/c1-17-14-24(29-26(28-17)18-6-8-21(27)9-7-18)30(2)12-3-13-33-22-10-11-23-19(15-22)4-5-20(23)16-25(31)32/h6-11,14-15,20H,3-5,12-13,16H2,1-2H3,(H,31,32)/t20-/m0/s1. The summed E-state index contributed by atoms with van der Waals surface area (Å²) in [5.41, 5.74) is 3.96. The summed E-state index contributed by atoms with van der Waals surface area (Å²) in [5, 5.41) is 9.07. The van der Waals surface area contributed by atoms with Crippen LogP contribution in [0.25, 0.3) is 11.4 Å². The van der Waals surface area contributed by atoms with Crippen LogP contribution in [0, 0.1) is 12.7 Å². The van der Waals surface area contributed by atoms with Crippen LogP contribution < -0.4 is 9.64 Å². The molecule has 6 nitrogen and oxygen atoms in total. The molecule has 7 heteroatoms. The number of carboxylic acid groups (broad SMARTS) is 1. The number of aliphatic carboxylic acids is 1. The minimum atomic E-state index is -0.749. The Bertz CT molecular complexity index is 1130. The van der Waals surface area contributed by atoms with Crippen molar-refractivity contribution in [3.8, 4) is 17.1 Å². The molecule has 0 saturated carbocycles. The minimum Gasteiger partial charge on any atom is -0.494 e. The number of ether oxygens (including phenoxy) is 1. The Hall–Kier alpha value is -3.48. The Morgan fingerprint density at radius 1 is 1.18 bits per heavy atom. The van der Waals surface area contributed by atoms with Crippen molar-refractivity contribution in [3.05, 3.63) is 71.2 Å². The molecule has 33 heavy (non-hydrogen) atoms. The molecule has 1 aliphatic carbocycles. The van der Waals surface area contributed by atoms with Crippen LogP contribution in [0.5, 0.6) is 5.75 Å². The van der Waals surface area contributed by atoms with Gasteiger partial charge in [-0.3, -0.25) is 4.79 Å². The van der Waals surface area contributed by atoms with Crippen molar-refractivity contribution in [2.75, 3.05) is 25.1 Å². The molecule has 1 aliphatic rings. The highest BCUT2D eigenvalue weighted by Crippen LogP contribution is 2.37. The Kier molecular flexibility index (Phi) is 6.87. The van der Waals surface area contributed by atoms with E-state index in [4.69, 9.17) is 9.84 Å². The molecule has 0 aliphatic heterocycles. The Labute approximate surface area is 193 Å². The highest BCUT2D eigenvalue weighted by atomic mass is 19.1. The van der Waals surface area contributed by atoms with Gasteiger partial charge in [-0.05, 0) is 79.6 Å². The number of hydrogen-bond donors (Lipinski definition) is 1. The van der Waals surface area contributed by atoms with Gasteiger partial charge < -0.3 is 14.7 Å². The second-order valence-electron chi connectivity index (χ2n) is 8.52. The summed E-state index contributed by atoms with van der Waals surface area (Å²) in [7, 11) is 1.98. The molecule has 1 heterocycles. The van der Waals surface area contributed by atoms with E-state index in [0.717, 1.165) is 54.2 Å². The largest absolute Gasteiger partial charge is 0.494 e. The van der Waals surface area contributed by atoms with E-state index in [-0.39, 0.29) is 18.2 Å². The molecular formula is C26H28FN3O3. The fourth-order valence-corrected chi connectivity index (χ4v) is 4.28. The van der Waals surface area contributed by atoms with E-state index in [9.17, 15) is 9.18 Å².